The molecule has 0 saturated heterocycles. The highest BCUT2D eigenvalue weighted by Crippen LogP contribution is 2.34. The summed E-state index contributed by atoms with van der Waals surface area (Å²) < 4.78 is 25.8. The highest BCUT2D eigenvalue weighted by atomic mass is 19.1. The Morgan fingerprint density at radius 1 is 1.36 bits per heavy atom. The number of halogens is 2. The summed E-state index contributed by atoms with van der Waals surface area (Å²) in [5.41, 5.74) is 0.394. The highest BCUT2D eigenvalue weighted by molar-refractivity contribution is 5.45. The number of anilines is 1. The summed E-state index contributed by atoms with van der Waals surface area (Å²) in [6.45, 7) is 2.03. The summed E-state index contributed by atoms with van der Waals surface area (Å²) in [4.78, 5) is 0. The molecule has 2 rings (SSSR count). The van der Waals surface area contributed by atoms with Crippen molar-refractivity contribution in [2.45, 2.75) is 25.8 Å². The third kappa shape index (κ3) is 2.03. The van der Waals surface area contributed by atoms with Crippen LogP contribution in [0.4, 0.5) is 14.5 Å². The summed E-state index contributed by atoms with van der Waals surface area (Å²) >= 11 is 0. The fraction of sp³-hybridized carbons (Fsp3) is 0.455. The molecule has 1 unspecified atom stereocenters. The maximum absolute atomic E-state index is 13.2. The van der Waals surface area contributed by atoms with E-state index in [-0.39, 0.29) is 6.04 Å². The fourth-order valence-electron chi connectivity index (χ4n) is 1.57. The molecule has 1 aliphatic rings. The molecule has 76 valence electrons. The van der Waals surface area contributed by atoms with Crippen LogP contribution in [0.25, 0.3) is 0 Å². The van der Waals surface area contributed by atoms with Gasteiger partial charge in [0.1, 0.15) is 11.6 Å². The Morgan fingerprint density at radius 2 is 2.07 bits per heavy atom. The SMILES string of the molecule is CC(Nc1ccc(F)cc1F)C1CC1. The standard InChI is InChI=1S/C11H13F2N/c1-7(8-2-3-8)14-11-5-4-9(12)6-10(11)13/h4-8,14H,2-3H2,1H3. The van der Waals surface area contributed by atoms with E-state index in [1.807, 2.05) is 6.92 Å². The first-order chi connectivity index (χ1) is 6.66. The van der Waals surface area contributed by atoms with Crippen LogP contribution >= 0.6 is 0 Å². The van der Waals surface area contributed by atoms with Crippen molar-refractivity contribution >= 4 is 5.69 Å². The summed E-state index contributed by atoms with van der Waals surface area (Å²) in [6, 6.07) is 3.89. The van der Waals surface area contributed by atoms with Crippen molar-refractivity contribution < 1.29 is 8.78 Å². The molecule has 0 spiro atoms. The minimum absolute atomic E-state index is 0.273. The molecule has 1 nitrogen and oxygen atoms in total. The largest absolute Gasteiger partial charge is 0.380 e. The Hall–Kier alpha value is -1.12. The third-order valence-corrected chi connectivity index (χ3v) is 2.64. The minimum Gasteiger partial charge on any atom is -0.380 e. The first-order valence-corrected chi connectivity index (χ1v) is 4.88. The van der Waals surface area contributed by atoms with E-state index in [4.69, 9.17) is 0 Å². The zero-order chi connectivity index (χ0) is 10.1. The van der Waals surface area contributed by atoms with Crippen LogP contribution in [-0.4, -0.2) is 6.04 Å². The molecule has 1 fully saturated rings. The van der Waals surface area contributed by atoms with Crippen LogP contribution < -0.4 is 5.32 Å². The predicted octanol–water partition coefficient (Wildman–Crippen LogP) is 3.18. The molecule has 1 atom stereocenters. The molecule has 0 amide bonds. The highest BCUT2D eigenvalue weighted by Gasteiger charge is 2.28. The van der Waals surface area contributed by atoms with Crippen LogP contribution in [0.2, 0.25) is 0 Å². The molecule has 1 aromatic carbocycles. The number of hydrogen-bond donors (Lipinski definition) is 1. The van der Waals surface area contributed by atoms with Crippen LogP contribution in [0.3, 0.4) is 0 Å². The van der Waals surface area contributed by atoms with Crippen LogP contribution in [0.1, 0.15) is 19.8 Å². The van der Waals surface area contributed by atoms with Gasteiger partial charge in [0.15, 0.2) is 0 Å². The normalized spacial score (nSPS) is 17.9. The molecule has 0 aliphatic heterocycles. The molecular formula is C11H13F2N. The van der Waals surface area contributed by atoms with Gasteiger partial charge in [0.2, 0.25) is 0 Å². The van der Waals surface area contributed by atoms with Gasteiger partial charge in [0.25, 0.3) is 0 Å². The van der Waals surface area contributed by atoms with E-state index >= 15 is 0 Å². The Bertz CT molecular complexity index is 334. The molecule has 1 saturated carbocycles. The van der Waals surface area contributed by atoms with E-state index in [2.05, 4.69) is 5.32 Å². The number of hydrogen-bond acceptors (Lipinski definition) is 1. The van der Waals surface area contributed by atoms with Gasteiger partial charge in [-0.1, -0.05) is 0 Å². The Balaban J connectivity index is 2.07. The zero-order valence-electron chi connectivity index (χ0n) is 8.06. The van der Waals surface area contributed by atoms with E-state index < -0.39 is 11.6 Å². The van der Waals surface area contributed by atoms with E-state index in [9.17, 15) is 8.78 Å². The van der Waals surface area contributed by atoms with E-state index in [1.54, 1.807) is 0 Å². The Labute approximate surface area is 82.1 Å². The number of rotatable bonds is 3. The predicted molar refractivity (Wildman–Crippen MR) is 52.2 cm³/mol. The van der Waals surface area contributed by atoms with Gasteiger partial charge in [-0.25, -0.2) is 8.78 Å². The summed E-state index contributed by atoms with van der Waals surface area (Å²) in [5, 5.41) is 3.06. The second kappa shape index (κ2) is 3.56. The van der Waals surface area contributed by atoms with Gasteiger partial charge in [-0.3, -0.25) is 0 Å². The maximum Gasteiger partial charge on any atom is 0.149 e. The molecule has 0 heterocycles. The monoisotopic (exact) mass is 197 g/mol. The lowest BCUT2D eigenvalue weighted by Gasteiger charge is -2.14. The van der Waals surface area contributed by atoms with Crippen molar-refractivity contribution in [3.8, 4) is 0 Å². The molecule has 1 aliphatic carbocycles. The van der Waals surface area contributed by atoms with Crippen LogP contribution in [0.5, 0.6) is 0 Å². The molecule has 0 radical (unpaired) electrons. The molecule has 3 heteroatoms. The minimum atomic E-state index is -0.535. The summed E-state index contributed by atoms with van der Waals surface area (Å²) in [7, 11) is 0. The lowest BCUT2D eigenvalue weighted by molar-refractivity contribution is 0.581. The van der Waals surface area contributed by atoms with Gasteiger partial charge in [-0.2, -0.15) is 0 Å². The van der Waals surface area contributed by atoms with E-state index in [0.29, 0.717) is 11.6 Å². The Kier molecular flexibility index (Phi) is 2.40. The van der Waals surface area contributed by atoms with E-state index in [1.165, 1.54) is 25.0 Å². The van der Waals surface area contributed by atoms with Gasteiger partial charge < -0.3 is 5.32 Å². The van der Waals surface area contributed by atoms with Gasteiger partial charge in [-0.15, -0.1) is 0 Å². The zero-order valence-corrected chi connectivity index (χ0v) is 8.06. The Morgan fingerprint density at radius 3 is 2.64 bits per heavy atom. The van der Waals surface area contributed by atoms with E-state index in [0.717, 1.165) is 6.07 Å². The van der Waals surface area contributed by atoms with Gasteiger partial charge in [-0.05, 0) is 37.8 Å². The molecule has 1 aromatic rings. The van der Waals surface area contributed by atoms with Gasteiger partial charge in [0, 0.05) is 12.1 Å². The second-order valence-electron chi connectivity index (χ2n) is 3.89. The van der Waals surface area contributed by atoms with Crippen LogP contribution in [0.15, 0.2) is 18.2 Å². The van der Waals surface area contributed by atoms with Crippen molar-refractivity contribution in [1.82, 2.24) is 0 Å². The smallest absolute Gasteiger partial charge is 0.149 e. The molecule has 0 aromatic heterocycles. The first kappa shape index (κ1) is 9.44. The quantitative estimate of drug-likeness (QED) is 0.784. The lowest BCUT2D eigenvalue weighted by atomic mass is 10.2. The fourth-order valence-corrected chi connectivity index (χ4v) is 1.57. The third-order valence-electron chi connectivity index (χ3n) is 2.64. The molecule has 0 bridgehead atoms. The van der Waals surface area contributed by atoms with Gasteiger partial charge in [0.05, 0.1) is 5.69 Å². The summed E-state index contributed by atoms with van der Waals surface area (Å²) in [5.74, 6) is -0.399. The summed E-state index contributed by atoms with van der Waals surface area (Å²) in [6.07, 6.45) is 2.41. The average molecular weight is 197 g/mol. The van der Waals surface area contributed by atoms with Crippen molar-refractivity contribution in [1.29, 1.82) is 0 Å². The van der Waals surface area contributed by atoms with Crippen molar-refractivity contribution in [2.24, 2.45) is 5.92 Å². The lowest BCUT2D eigenvalue weighted by Crippen LogP contribution is -2.18. The second-order valence-corrected chi connectivity index (χ2v) is 3.89. The number of nitrogens with one attached hydrogen (secondary N) is 1. The van der Waals surface area contributed by atoms with Gasteiger partial charge >= 0.3 is 0 Å². The molecule has 14 heavy (non-hydrogen) atoms. The molecular weight excluding hydrogens is 184 g/mol. The first-order valence-electron chi connectivity index (χ1n) is 4.88. The van der Waals surface area contributed by atoms with Crippen molar-refractivity contribution in [2.75, 3.05) is 5.32 Å². The average Bonchev–Trinajstić information content (AvgIpc) is 2.92. The van der Waals surface area contributed by atoms with Crippen molar-refractivity contribution in [3.63, 3.8) is 0 Å². The van der Waals surface area contributed by atoms with Crippen LogP contribution in [0, 0.1) is 17.6 Å². The molecule has 1 N–H and O–H groups in total. The maximum atomic E-state index is 13.2. The topological polar surface area (TPSA) is 12.0 Å². The van der Waals surface area contributed by atoms with Crippen molar-refractivity contribution in [3.05, 3.63) is 29.8 Å². The van der Waals surface area contributed by atoms with Crippen LogP contribution in [-0.2, 0) is 0 Å². The number of benzene rings is 1.